The number of rotatable bonds is 3. The van der Waals surface area contributed by atoms with Crippen LogP contribution in [-0.4, -0.2) is 28.0 Å². The van der Waals surface area contributed by atoms with Gasteiger partial charge in [0.2, 0.25) is 0 Å². The summed E-state index contributed by atoms with van der Waals surface area (Å²) in [5, 5.41) is 13.1. The van der Waals surface area contributed by atoms with E-state index < -0.39 is 5.97 Å². The highest BCUT2D eigenvalue weighted by molar-refractivity contribution is 5.89. The number of aromatic carboxylic acids is 1. The van der Waals surface area contributed by atoms with E-state index in [0.717, 1.165) is 17.0 Å². The highest BCUT2D eigenvalue weighted by Crippen LogP contribution is 2.27. The second kappa shape index (κ2) is 4.52. The Morgan fingerprint density at radius 2 is 2.17 bits per heavy atom. The fourth-order valence-corrected chi connectivity index (χ4v) is 2.01. The fraction of sp³-hybridized carbons (Fsp3) is 0.231. The van der Waals surface area contributed by atoms with Crippen LogP contribution in [0.5, 0.6) is 5.75 Å². The normalized spacial score (nSPS) is 10.4. The van der Waals surface area contributed by atoms with Gasteiger partial charge in [-0.2, -0.15) is 5.10 Å². The van der Waals surface area contributed by atoms with Gasteiger partial charge in [0.15, 0.2) is 5.69 Å². The van der Waals surface area contributed by atoms with Crippen molar-refractivity contribution in [1.82, 2.24) is 9.78 Å². The van der Waals surface area contributed by atoms with Crippen LogP contribution in [0.1, 0.15) is 16.1 Å². The van der Waals surface area contributed by atoms with Gasteiger partial charge in [-0.15, -0.1) is 0 Å². The molecule has 0 spiro atoms. The number of carboxylic acids is 1. The number of carbonyl (C=O) groups is 1. The second-order valence-electron chi connectivity index (χ2n) is 3.98. The van der Waals surface area contributed by atoms with Gasteiger partial charge in [-0.05, 0) is 19.1 Å². The minimum atomic E-state index is -1.02. The first-order valence-corrected chi connectivity index (χ1v) is 5.46. The van der Waals surface area contributed by atoms with E-state index in [4.69, 9.17) is 9.84 Å². The van der Waals surface area contributed by atoms with Crippen molar-refractivity contribution in [2.75, 3.05) is 7.11 Å². The Kier molecular flexibility index (Phi) is 3.06. The summed E-state index contributed by atoms with van der Waals surface area (Å²) < 4.78 is 6.74. The first kappa shape index (κ1) is 12.2. The second-order valence-corrected chi connectivity index (χ2v) is 3.98. The maximum Gasteiger partial charge on any atom is 0.356 e. The summed E-state index contributed by atoms with van der Waals surface area (Å²) in [7, 11) is 3.33. The van der Waals surface area contributed by atoms with Crippen LogP contribution in [0.3, 0.4) is 0 Å². The number of aromatic nitrogens is 2. The van der Waals surface area contributed by atoms with Gasteiger partial charge in [0, 0.05) is 18.2 Å². The lowest BCUT2D eigenvalue weighted by Gasteiger charge is -2.06. The summed E-state index contributed by atoms with van der Waals surface area (Å²) in [6, 6.07) is 7.46. The Morgan fingerprint density at radius 3 is 2.72 bits per heavy atom. The number of methoxy groups -OCH3 is 1. The fourth-order valence-electron chi connectivity index (χ4n) is 2.01. The van der Waals surface area contributed by atoms with Gasteiger partial charge in [-0.25, -0.2) is 4.79 Å². The third kappa shape index (κ3) is 1.95. The van der Waals surface area contributed by atoms with Gasteiger partial charge in [-0.3, -0.25) is 4.68 Å². The van der Waals surface area contributed by atoms with E-state index in [9.17, 15) is 4.79 Å². The summed E-state index contributed by atoms with van der Waals surface area (Å²) in [6.45, 7) is 1.76. The number of hydrogen-bond acceptors (Lipinski definition) is 3. The lowest BCUT2D eigenvalue weighted by molar-refractivity contribution is 0.0689. The average Bonchev–Trinajstić information content (AvgIpc) is 2.65. The molecule has 0 fully saturated rings. The average molecular weight is 246 g/mol. The zero-order valence-electron chi connectivity index (χ0n) is 10.5. The Hall–Kier alpha value is -2.30. The minimum Gasteiger partial charge on any atom is -0.497 e. The molecule has 0 saturated heterocycles. The van der Waals surface area contributed by atoms with Crippen LogP contribution in [0.4, 0.5) is 0 Å². The highest BCUT2D eigenvalue weighted by atomic mass is 16.5. The summed E-state index contributed by atoms with van der Waals surface area (Å²) in [5.41, 5.74) is 2.40. The molecule has 0 aliphatic carbocycles. The van der Waals surface area contributed by atoms with E-state index >= 15 is 0 Å². The lowest BCUT2D eigenvalue weighted by atomic mass is 10.1. The maximum atomic E-state index is 11.0. The Bertz CT molecular complexity index is 602. The number of aryl methyl sites for hydroxylation is 1. The Morgan fingerprint density at radius 1 is 1.44 bits per heavy atom. The summed E-state index contributed by atoms with van der Waals surface area (Å²) in [4.78, 5) is 11.0. The number of hydrogen-bond donors (Lipinski definition) is 1. The molecule has 1 aromatic carbocycles. The molecular formula is C13H14N2O3. The largest absolute Gasteiger partial charge is 0.497 e. The van der Waals surface area contributed by atoms with E-state index in [2.05, 4.69) is 5.10 Å². The van der Waals surface area contributed by atoms with Crippen molar-refractivity contribution in [3.05, 3.63) is 35.5 Å². The van der Waals surface area contributed by atoms with E-state index in [1.54, 1.807) is 25.8 Å². The Labute approximate surface area is 105 Å². The maximum absolute atomic E-state index is 11.0. The summed E-state index contributed by atoms with van der Waals surface area (Å²) in [6.07, 6.45) is 0. The zero-order chi connectivity index (χ0) is 13.3. The molecule has 5 heteroatoms. The monoisotopic (exact) mass is 246 g/mol. The van der Waals surface area contributed by atoms with Crippen molar-refractivity contribution in [2.45, 2.75) is 6.92 Å². The molecule has 1 heterocycles. The van der Waals surface area contributed by atoms with Gasteiger partial charge in [0.1, 0.15) is 5.75 Å². The van der Waals surface area contributed by atoms with Crippen LogP contribution < -0.4 is 4.74 Å². The first-order valence-electron chi connectivity index (χ1n) is 5.46. The van der Waals surface area contributed by atoms with E-state index in [1.807, 2.05) is 24.3 Å². The van der Waals surface area contributed by atoms with Crippen LogP contribution in [0.25, 0.3) is 11.3 Å². The third-order valence-corrected chi connectivity index (χ3v) is 2.83. The van der Waals surface area contributed by atoms with E-state index in [1.165, 1.54) is 0 Å². The van der Waals surface area contributed by atoms with Crippen molar-refractivity contribution in [3.63, 3.8) is 0 Å². The molecule has 0 radical (unpaired) electrons. The number of nitrogens with zero attached hydrogens (tertiary/aromatic N) is 2. The molecular weight excluding hydrogens is 232 g/mol. The van der Waals surface area contributed by atoms with E-state index in [0.29, 0.717) is 5.56 Å². The quantitative estimate of drug-likeness (QED) is 0.900. The molecule has 0 aliphatic heterocycles. The molecule has 18 heavy (non-hydrogen) atoms. The molecule has 5 nitrogen and oxygen atoms in total. The van der Waals surface area contributed by atoms with E-state index in [-0.39, 0.29) is 5.69 Å². The standard InChI is InChI=1S/C13H14N2O3/c1-8-11(13(16)17)14-15(2)12(8)9-5-4-6-10(7-9)18-3/h4-7H,1-3H3,(H,16,17). The molecule has 94 valence electrons. The van der Waals surface area contributed by atoms with Gasteiger partial charge < -0.3 is 9.84 Å². The Balaban J connectivity index is 2.60. The van der Waals surface area contributed by atoms with Crippen LogP contribution in [0.2, 0.25) is 0 Å². The SMILES string of the molecule is COc1cccc(-c2c(C)c(C(=O)O)nn2C)c1. The number of benzene rings is 1. The molecule has 2 aromatic rings. The lowest BCUT2D eigenvalue weighted by Crippen LogP contribution is -2.00. The highest BCUT2D eigenvalue weighted by Gasteiger charge is 2.18. The summed E-state index contributed by atoms with van der Waals surface area (Å²) in [5.74, 6) is -0.290. The van der Waals surface area contributed by atoms with Crippen molar-refractivity contribution < 1.29 is 14.6 Å². The van der Waals surface area contributed by atoms with Crippen molar-refractivity contribution in [2.24, 2.45) is 7.05 Å². The van der Waals surface area contributed by atoms with Crippen molar-refractivity contribution in [3.8, 4) is 17.0 Å². The van der Waals surface area contributed by atoms with Crippen LogP contribution in [-0.2, 0) is 7.05 Å². The number of ether oxygens (including phenoxy) is 1. The first-order chi connectivity index (χ1) is 8.54. The van der Waals surface area contributed by atoms with Crippen LogP contribution in [0, 0.1) is 6.92 Å². The molecule has 1 aromatic heterocycles. The molecule has 1 N–H and O–H groups in total. The molecule has 0 saturated carbocycles. The van der Waals surface area contributed by atoms with Gasteiger partial charge in [0.25, 0.3) is 0 Å². The predicted octanol–water partition coefficient (Wildman–Crippen LogP) is 2.10. The molecule has 0 unspecified atom stereocenters. The minimum absolute atomic E-state index is 0.0790. The molecule has 0 atom stereocenters. The van der Waals surface area contributed by atoms with Gasteiger partial charge in [0.05, 0.1) is 12.8 Å². The topological polar surface area (TPSA) is 64.3 Å². The van der Waals surface area contributed by atoms with Crippen LogP contribution >= 0.6 is 0 Å². The third-order valence-electron chi connectivity index (χ3n) is 2.83. The molecule has 0 bridgehead atoms. The van der Waals surface area contributed by atoms with Crippen molar-refractivity contribution in [1.29, 1.82) is 0 Å². The van der Waals surface area contributed by atoms with Crippen molar-refractivity contribution >= 4 is 5.97 Å². The van der Waals surface area contributed by atoms with Gasteiger partial charge >= 0.3 is 5.97 Å². The molecule has 2 rings (SSSR count). The predicted molar refractivity (Wildman–Crippen MR) is 66.9 cm³/mol. The number of carboxylic acid groups (broad SMARTS) is 1. The van der Waals surface area contributed by atoms with Crippen LogP contribution in [0.15, 0.2) is 24.3 Å². The molecule has 0 amide bonds. The van der Waals surface area contributed by atoms with Gasteiger partial charge in [-0.1, -0.05) is 12.1 Å². The smallest absolute Gasteiger partial charge is 0.356 e. The summed E-state index contributed by atoms with van der Waals surface area (Å²) >= 11 is 0. The zero-order valence-corrected chi connectivity index (χ0v) is 10.5. The molecule has 0 aliphatic rings.